The highest BCUT2D eigenvalue weighted by atomic mass is 32.2. The number of ether oxygens (including phenoxy) is 1. The largest absolute Gasteiger partial charge is 0.548 e. The Morgan fingerprint density at radius 1 is 1.36 bits per heavy atom. The lowest BCUT2D eigenvalue weighted by atomic mass is 10.2. The number of hydrogen-bond acceptors (Lipinski definition) is 6. The van der Waals surface area contributed by atoms with Crippen LogP contribution in [0.15, 0.2) is 29.2 Å². The molecule has 1 amide bonds. The molecule has 1 heterocycles. The predicted molar refractivity (Wildman–Crippen MR) is 101 cm³/mol. The topological polar surface area (TPSA) is 69.7 Å². The zero-order valence-corrected chi connectivity index (χ0v) is 15.8. The molecule has 0 bridgehead atoms. The van der Waals surface area contributed by atoms with E-state index in [4.69, 9.17) is 17.0 Å². The van der Waals surface area contributed by atoms with Crippen LogP contribution in [0, 0.1) is 0 Å². The van der Waals surface area contributed by atoms with Crippen LogP contribution in [0.5, 0.6) is 5.75 Å². The Morgan fingerprint density at radius 2 is 2.04 bits per heavy atom. The number of carbonyl (C=O) groups is 2. The summed E-state index contributed by atoms with van der Waals surface area (Å²) in [6.07, 6.45) is 5.01. The first-order valence-electron chi connectivity index (χ1n) is 8.14. The second-order valence-corrected chi connectivity index (χ2v) is 7.35. The third kappa shape index (κ3) is 5.06. The Kier molecular flexibility index (Phi) is 7.01. The fourth-order valence-corrected chi connectivity index (χ4v) is 3.69. The average Bonchev–Trinajstić information content (AvgIpc) is 2.86. The summed E-state index contributed by atoms with van der Waals surface area (Å²) in [4.78, 5) is 24.8. The van der Waals surface area contributed by atoms with Crippen molar-refractivity contribution in [3.8, 4) is 5.75 Å². The van der Waals surface area contributed by atoms with Gasteiger partial charge in [0.15, 0.2) is 0 Å². The maximum absolute atomic E-state index is 12.4. The molecule has 2 rings (SSSR count). The normalized spacial score (nSPS) is 17.2. The lowest BCUT2D eigenvalue weighted by molar-refractivity contribution is -0.309. The van der Waals surface area contributed by atoms with E-state index in [1.165, 1.54) is 6.92 Å². The van der Waals surface area contributed by atoms with E-state index in [0.29, 0.717) is 11.5 Å². The minimum atomic E-state index is -1.33. The molecule has 0 unspecified atom stereocenters. The minimum Gasteiger partial charge on any atom is -0.548 e. The first-order valence-corrected chi connectivity index (χ1v) is 9.37. The number of benzene rings is 1. The van der Waals surface area contributed by atoms with Crippen molar-refractivity contribution in [1.82, 2.24) is 4.90 Å². The maximum atomic E-state index is 12.4. The molecule has 1 aliphatic heterocycles. The van der Waals surface area contributed by atoms with Crippen molar-refractivity contribution in [2.75, 3.05) is 6.61 Å². The summed E-state index contributed by atoms with van der Waals surface area (Å²) in [6, 6.07) is 6.32. The van der Waals surface area contributed by atoms with Gasteiger partial charge in [0.25, 0.3) is 5.91 Å². The van der Waals surface area contributed by atoms with Gasteiger partial charge in [-0.3, -0.25) is 9.69 Å². The highest BCUT2D eigenvalue weighted by molar-refractivity contribution is 8.26. The third-order valence-electron chi connectivity index (χ3n) is 3.75. The molecule has 1 aliphatic rings. The molecule has 25 heavy (non-hydrogen) atoms. The number of thioether (sulfide) groups is 1. The number of carboxylic acids is 1. The third-order valence-corrected chi connectivity index (χ3v) is 5.08. The van der Waals surface area contributed by atoms with Crippen molar-refractivity contribution in [1.29, 1.82) is 0 Å². The van der Waals surface area contributed by atoms with E-state index < -0.39 is 17.9 Å². The molecule has 1 fully saturated rings. The van der Waals surface area contributed by atoms with E-state index >= 15 is 0 Å². The zero-order valence-electron chi connectivity index (χ0n) is 14.2. The Balaban J connectivity index is 2.04. The molecular weight excluding hydrogens is 358 g/mol. The molecular formula is C18H20NO4S2-. The summed E-state index contributed by atoms with van der Waals surface area (Å²) < 4.78 is 5.88. The molecule has 1 aromatic rings. The highest BCUT2D eigenvalue weighted by Crippen LogP contribution is 2.34. The number of carbonyl (C=O) groups excluding carboxylic acids is 2. The summed E-state index contributed by atoms with van der Waals surface area (Å²) in [6.45, 7) is 4.21. The van der Waals surface area contributed by atoms with E-state index in [0.717, 1.165) is 47.2 Å². The molecule has 0 aromatic heterocycles. The van der Waals surface area contributed by atoms with Gasteiger partial charge in [-0.15, -0.1) is 0 Å². The number of nitrogens with zero attached hydrogens (tertiary/aromatic N) is 1. The molecule has 1 saturated heterocycles. The SMILES string of the molecule is CCCCCOc1ccc(/C=C2\SC(=S)N([C@H](C)C(=O)[O-])C2=O)cc1. The van der Waals surface area contributed by atoms with Gasteiger partial charge in [-0.25, -0.2) is 0 Å². The van der Waals surface area contributed by atoms with Crippen molar-refractivity contribution in [3.63, 3.8) is 0 Å². The zero-order chi connectivity index (χ0) is 18.4. The number of hydrogen-bond donors (Lipinski definition) is 0. The van der Waals surface area contributed by atoms with Crippen LogP contribution >= 0.6 is 24.0 Å². The Bertz CT molecular complexity index is 685. The van der Waals surface area contributed by atoms with Crippen LogP contribution in [0.1, 0.15) is 38.7 Å². The second-order valence-electron chi connectivity index (χ2n) is 5.67. The molecule has 0 aliphatic carbocycles. The average molecular weight is 378 g/mol. The van der Waals surface area contributed by atoms with Crippen LogP contribution in [0.25, 0.3) is 6.08 Å². The molecule has 7 heteroatoms. The molecule has 1 aromatic carbocycles. The number of aliphatic carboxylic acids is 1. The van der Waals surface area contributed by atoms with Gasteiger partial charge in [-0.2, -0.15) is 0 Å². The van der Waals surface area contributed by atoms with Gasteiger partial charge in [-0.1, -0.05) is 55.9 Å². The summed E-state index contributed by atoms with van der Waals surface area (Å²) in [5.41, 5.74) is 0.822. The van der Waals surface area contributed by atoms with Gasteiger partial charge in [0, 0.05) is 0 Å². The molecule has 134 valence electrons. The standard InChI is InChI=1S/C18H21NO4S2/c1-3-4-5-10-23-14-8-6-13(7-9-14)11-15-16(20)19(18(24)25-15)12(2)17(21)22/h6-9,11-12H,3-5,10H2,1-2H3,(H,21,22)/p-1/b15-11-/t12-/m1/s1. The van der Waals surface area contributed by atoms with E-state index in [-0.39, 0.29) is 4.32 Å². The Hall–Kier alpha value is -1.86. The van der Waals surface area contributed by atoms with Crippen LogP contribution in [0.3, 0.4) is 0 Å². The number of amides is 1. The van der Waals surface area contributed by atoms with Crippen molar-refractivity contribution in [2.45, 2.75) is 39.2 Å². The summed E-state index contributed by atoms with van der Waals surface area (Å²) >= 11 is 6.20. The molecule has 1 atom stereocenters. The fraction of sp³-hybridized carbons (Fsp3) is 0.389. The van der Waals surface area contributed by atoms with Crippen LogP contribution < -0.4 is 9.84 Å². The summed E-state index contributed by atoms with van der Waals surface area (Å²) in [5, 5.41) is 11.0. The monoisotopic (exact) mass is 378 g/mol. The van der Waals surface area contributed by atoms with Gasteiger partial charge in [-0.05, 0) is 37.1 Å². The molecule has 0 N–H and O–H groups in total. The van der Waals surface area contributed by atoms with Gasteiger partial charge >= 0.3 is 0 Å². The second kappa shape index (κ2) is 9.01. The lowest BCUT2D eigenvalue weighted by Gasteiger charge is -2.23. The van der Waals surface area contributed by atoms with Gasteiger partial charge in [0.1, 0.15) is 10.1 Å². The lowest BCUT2D eigenvalue weighted by Crippen LogP contribution is -2.48. The first kappa shape index (κ1) is 19.5. The number of carboxylic acid groups (broad SMARTS) is 1. The fourth-order valence-electron chi connectivity index (χ4n) is 2.27. The van der Waals surface area contributed by atoms with Crippen molar-refractivity contribution >= 4 is 46.3 Å². The Morgan fingerprint density at radius 3 is 2.64 bits per heavy atom. The molecule has 5 nitrogen and oxygen atoms in total. The first-order chi connectivity index (χ1) is 11.9. The van der Waals surface area contributed by atoms with Gasteiger partial charge in [0.2, 0.25) is 0 Å². The maximum Gasteiger partial charge on any atom is 0.266 e. The van der Waals surface area contributed by atoms with Crippen molar-refractivity contribution in [2.24, 2.45) is 0 Å². The smallest absolute Gasteiger partial charge is 0.266 e. The van der Waals surface area contributed by atoms with Crippen LogP contribution in [-0.4, -0.2) is 33.7 Å². The number of unbranched alkanes of at least 4 members (excludes halogenated alkanes) is 2. The van der Waals surface area contributed by atoms with E-state index in [1.807, 2.05) is 24.3 Å². The highest BCUT2D eigenvalue weighted by Gasteiger charge is 2.35. The summed E-state index contributed by atoms with van der Waals surface area (Å²) in [5.74, 6) is -0.958. The van der Waals surface area contributed by atoms with E-state index in [9.17, 15) is 14.7 Å². The Labute approximate surface area is 157 Å². The van der Waals surface area contributed by atoms with Crippen molar-refractivity contribution in [3.05, 3.63) is 34.7 Å². The summed E-state index contributed by atoms with van der Waals surface area (Å²) in [7, 11) is 0. The van der Waals surface area contributed by atoms with Crippen LogP contribution in [0.4, 0.5) is 0 Å². The molecule has 0 radical (unpaired) electrons. The van der Waals surface area contributed by atoms with Crippen molar-refractivity contribution < 1.29 is 19.4 Å². The van der Waals surface area contributed by atoms with Crippen LogP contribution in [0.2, 0.25) is 0 Å². The quantitative estimate of drug-likeness (QED) is 0.393. The van der Waals surface area contributed by atoms with E-state index in [1.54, 1.807) is 6.08 Å². The molecule has 0 spiro atoms. The molecule has 0 saturated carbocycles. The van der Waals surface area contributed by atoms with Gasteiger partial charge in [0.05, 0.1) is 23.5 Å². The predicted octanol–water partition coefficient (Wildman–Crippen LogP) is 2.60. The van der Waals surface area contributed by atoms with Gasteiger partial charge < -0.3 is 14.6 Å². The van der Waals surface area contributed by atoms with Crippen LogP contribution in [-0.2, 0) is 9.59 Å². The van der Waals surface area contributed by atoms with E-state index in [2.05, 4.69) is 6.92 Å². The minimum absolute atomic E-state index is 0.226. The number of rotatable bonds is 8. The number of thiocarbonyl (C=S) groups is 1.